The van der Waals surface area contributed by atoms with Gasteiger partial charge in [-0.2, -0.15) is 0 Å². The molecule has 6 heteroatoms. The standard InChI is InChI=1S/C66H118O6/c1-4-7-10-13-16-19-22-25-27-29-31-32-33-34-36-37-39-41-44-47-50-53-56-59-65(68)71-62-63(61-70-64(67)58-55-52-49-46-43-24-21-18-15-12-9-6-3)72-66(69)60-57-54-51-48-45-42-40-38-35-30-28-26-23-20-17-14-11-8-5-2/h8,11,17-18,20-21,26,28,35,38,63H,4-7,9-10,12-16,19,22-25,27,29-34,36-37,39-62H2,1-3H3/b11-8-,20-17-,21-18-,28-26-,38-35-. The third-order valence-electron chi connectivity index (χ3n) is 13.8. The average molecular weight is 1010 g/mol. The highest BCUT2D eigenvalue weighted by atomic mass is 16.6. The number of ether oxygens (including phenoxy) is 3. The van der Waals surface area contributed by atoms with Crippen LogP contribution in [0.1, 0.15) is 323 Å². The van der Waals surface area contributed by atoms with Crippen LogP contribution >= 0.6 is 0 Å². The highest BCUT2D eigenvalue weighted by Crippen LogP contribution is 2.17. The number of carbonyl (C=O) groups excluding carboxylic acids is 3. The second kappa shape index (κ2) is 60.7. The fourth-order valence-electron chi connectivity index (χ4n) is 9.08. The highest BCUT2D eigenvalue weighted by molar-refractivity contribution is 5.71. The SMILES string of the molecule is CC/C=C\C/C=C\C/C=C\C/C=C\CCCCCCCCC(=O)OC(COC(=O)CCCCCCC/C=C\CCCCC)COC(=O)CCCCCCCCCCCCCCCCCCCCCCCCC. The largest absolute Gasteiger partial charge is 0.462 e. The van der Waals surface area contributed by atoms with Crippen LogP contribution in [0.25, 0.3) is 0 Å². The number of hydrogen-bond acceptors (Lipinski definition) is 6. The Labute approximate surface area is 447 Å². The van der Waals surface area contributed by atoms with Crippen molar-refractivity contribution in [1.29, 1.82) is 0 Å². The van der Waals surface area contributed by atoms with Crippen LogP contribution in [0.15, 0.2) is 60.8 Å². The van der Waals surface area contributed by atoms with Gasteiger partial charge in [-0.15, -0.1) is 0 Å². The molecule has 0 saturated heterocycles. The maximum atomic E-state index is 12.9. The molecule has 1 unspecified atom stereocenters. The van der Waals surface area contributed by atoms with Crippen molar-refractivity contribution in [2.24, 2.45) is 0 Å². The molecule has 418 valence electrons. The van der Waals surface area contributed by atoms with Crippen molar-refractivity contribution < 1.29 is 28.6 Å². The third kappa shape index (κ3) is 58.0. The van der Waals surface area contributed by atoms with Crippen LogP contribution in [0.3, 0.4) is 0 Å². The van der Waals surface area contributed by atoms with Gasteiger partial charge in [-0.1, -0.05) is 281 Å². The van der Waals surface area contributed by atoms with Crippen molar-refractivity contribution >= 4 is 17.9 Å². The summed E-state index contributed by atoms with van der Waals surface area (Å²) in [4.78, 5) is 38.2. The van der Waals surface area contributed by atoms with E-state index in [9.17, 15) is 14.4 Å². The average Bonchev–Trinajstić information content (AvgIpc) is 3.38. The Morgan fingerprint density at radius 1 is 0.292 bits per heavy atom. The fraction of sp³-hybridized carbons (Fsp3) is 0.803. The zero-order valence-electron chi connectivity index (χ0n) is 47.9. The van der Waals surface area contributed by atoms with Crippen molar-refractivity contribution in [2.45, 2.75) is 329 Å². The van der Waals surface area contributed by atoms with Crippen molar-refractivity contribution in [1.82, 2.24) is 0 Å². The number of unbranched alkanes of at least 4 members (excludes halogenated alkanes) is 36. The van der Waals surface area contributed by atoms with Gasteiger partial charge in [-0.25, -0.2) is 0 Å². The minimum atomic E-state index is -0.784. The van der Waals surface area contributed by atoms with Crippen molar-refractivity contribution in [2.75, 3.05) is 13.2 Å². The van der Waals surface area contributed by atoms with Crippen molar-refractivity contribution in [3.05, 3.63) is 60.8 Å². The third-order valence-corrected chi connectivity index (χ3v) is 13.8. The monoisotopic (exact) mass is 1010 g/mol. The van der Waals surface area contributed by atoms with Crippen LogP contribution in [-0.4, -0.2) is 37.2 Å². The number of carbonyl (C=O) groups is 3. The zero-order valence-corrected chi connectivity index (χ0v) is 47.9. The summed E-state index contributed by atoms with van der Waals surface area (Å²) >= 11 is 0. The molecule has 0 amide bonds. The van der Waals surface area contributed by atoms with E-state index in [1.165, 1.54) is 180 Å². The maximum absolute atomic E-state index is 12.9. The zero-order chi connectivity index (χ0) is 52.2. The van der Waals surface area contributed by atoms with Crippen LogP contribution < -0.4 is 0 Å². The van der Waals surface area contributed by atoms with E-state index in [-0.39, 0.29) is 31.1 Å². The van der Waals surface area contributed by atoms with E-state index in [4.69, 9.17) is 14.2 Å². The molecule has 0 spiro atoms. The first-order chi connectivity index (χ1) is 35.5. The molecule has 1 atom stereocenters. The summed E-state index contributed by atoms with van der Waals surface area (Å²) in [6.07, 6.45) is 76.6. The van der Waals surface area contributed by atoms with Gasteiger partial charge >= 0.3 is 17.9 Å². The van der Waals surface area contributed by atoms with Crippen molar-refractivity contribution in [3.8, 4) is 0 Å². The summed E-state index contributed by atoms with van der Waals surface area (Å²) in [5.41, 5.74) is 0. The lowest BCUT2D eigenvalue weighted by Gasteiger charge is -2.18. The first kappa shape index (κ1) is 69.1. The van der Waals surface area contributed by atoms with Crippen LogP contribution in [0.4, 0.5) is 0 Å². The Balaban J connectivity index is 4.29. The number of esters is 3. The van der Waals surface area contributed by atoms with E-state index in [1.54, 1.807) is 0 Å². The molecule has 0 aromatic carbocycles. The predicted octanol–water partition coefficient (Wildman–Crippen LogP) is 21.2. The second-order valence-corrected chi connectivity index (χ2v) is 20.9. The van der Waals surface area contributed by atoms with Gasteiger partial charge in [-0.3, -0.25) is 14.4 Å². The molecule has 0 fully saturated rings. The summed E-state index contributed by atoms with van der Waals surface area (Å²) in [6.45, 7) is 6.53. The van der Waals surface area contributed by atoms with Crippen LogP contribution in [0.2, 0.25) is 0 Å². The van der Waals surface area contributed by atoms with E-state index in [1.807, 2.05) is 0 Å². The van der Waals surface area contributed by atoms with Gasteiger partial charge in [-0.05, 0) is 83.5 Å². The number of hydrogen-bond donors (Lipinski definition) is 0. The Bertz CT molecular complexity index is 1290. The molecule has 0 rings (SSSR count). The molecule has 0 aromatic rings. The molecular weight excluding hydrogens is 889 g/mol. The first-order valence-corrected chi connectivity index (χ1v) is 31.3. The van der Waals surface area contributed by atoms with Crippen LogP contribution in [-0.2, 0) is 28.6 Å². The highest BCUT2D eigenvalue weighted by Gasteiger charge is 2.19. The first-order valence-electron chi connectivity index (χ1n) is 31.3. The molecule has 6 nitrogen and oxygen atoms in total. The van der Waals surface area contributed by atoms with Crippen LogP contribution in [0, 0.1) is 0 Å². The van der Waals surface area contributed by atoms with Crippen LogP contribution in [0.5, 0.6) is 0 Å². The van der Waals surface area contributed by atoms with Gasteiger partial charge in [0.05, 0.1) is 0 Å². The summed E-state index contributed by atoms with van der Waals surface area (Å²) < 4.78 is 16.9. The number of allylic oxidation sites excluding steroid dienone is 10. The molecule has 0 saturated carbocycles. The maximum Gasteiger partial charge on any atom is 0.306 e. The van der Waals surface area contributed by atoms with Gasteiger partial charge in [0.1, 0.15) is 13.2 Å². The van der Waals surface area contributed by atoms with Gasteiger partial charge < -0.3 is 14.2 Å². The lowest BCUT2D eigenvalue weighted by molar-refractivity contribution is -0.167. The van der Waals surface area contributed by atoms with E-state index in [2.05, 4.69) is 81.5 Å². The topological polar surface area (TPSA) is 78.9 Å². The molecular formula is C66H118O6. The van der Waals surface area contributed by atoms with Gasteiger partial charge in [0.25, 0.3) is 0 Å². The Hall–Kier alpha value is -2.89. The van der Waals surface area contributed by atoms with Gasteiger partial charge in [0.15, 0.2) is 6.10 Å². The lowest BCUT2D eigenvalue weighted by atomic mass is 10.0. The van der Waals surface area contributed by atoms with Crippen molar-refractivity contribution in [3.63, 3.8) is 0 Å². The van der Waals surface area contributed by atoms with E-state index in [0.29, 0.717) is 19.3 Å². The van der Waals surface area contributed by atoms with Gasteiger partial charge in [0.2, 0.25) is 0 Å². The summed E-state index contributed by atoms with van der Waals surface area (Å²) in [5, 5.41) is 0. The second-order valence-electron chi connectivity index (χ2n) is 20.9. The predicted molar refractivity (Wildman–Crippen MR) is 312 cm³/mol. The fourth-order valence-corrected chi connectivity index (χ4v) is 9.08. The van der Waals surface area contributed by atoms with Gasteiger partial charge in [0, 0.05) is 19.3 Å². The van der Waals surface area contributed by atoms with E-state index >= 15 is 0 Å². The molecule has 0 radical (unpaired) electrons. The molecule has 0 aliphatic rings. The molecule has 0 heterocycles. The lowest BCUT2D eigenvalue weighted by Crippen LogP contribution is -2.30. The normalized spacial score (nSPS) is 12.4. The summed E-state index contributed by atoms with van der Waals surface area (Å²) in [6, 6.07) is 0. The molecule has 0 aliphatic carbocycles. The summed E-state index contributed by atoms with van der Waals surface area (Å²) in [7, 11) is 0. The molecule has 72 heavy (non-hydrogen) atoms. The minimum Gasteiger partial charge on any atom is -0.462 e. The quantitative estimate of drug-likeness (QED) is 0.0261. The Kier molecular flexibility index (Phi) is 58.2. The smallest absolute Gasteiger partial charge is 0.306 e. The molecule has 0 bridgehead atoms. The minimum absolute atomic E-state index is 0.0798. The summed E-state index contributed by atoms with van der Waals surface area (Å²) in [5.74, 6) is -0.888. The molecule has 0 aromatic heterocycles. The Morgan fingerprint density at radius 3 is 0.889 bits per heavy atom. The van der Waals surface area contributed by atoms with E-state index in [0.717, 1.165) is 103 Å². The number of rotatable bonds is 57. The molecule has 0 aliphatic heterocycles. The molecule has 0 N–H and O–H groups in total. The Morgan fingerprint density at radius 2 is 0.542 bits per heavy atom. The van der Waals surface area contributed by atoms with E-state index < -0.39 is 6.10 Å².